The minimum absolute atomic E-state index is 0.193. The van der Waals surface area contributed by atoms with Gasteiger partial charge >= 0.3 is 0 Å². The number of hydrogen-bond acceptors (Lipinski definition) is 4. The lowest BCUT2D eigenvalue weighted by Crippen LogP contribution is -2.14. The molecule has 4 rings (SSSR count). The van der Waals surface area contributed by atoms with Gasteiger partial charge in [-0.25, -0.2) is 0 Å². The first-order valence-corrected chi connectivity index (χ1v) is 5.76. The van der Waals surface area contributed by atoms with Crippen LogP contribution in [0.3, 0.4) is 0 Å². The zero-order valence-corrected chi connectivity index (χ0v) is 9.47. The van der Waals surface area contributed by atoms with Crippen molar-refractivity contribution in [2.45, 2.75) is 0 Å². The van der Waals surface area contributed by atoms with Gasteiger partial charge in [-0.2, -0.15) is 0 Å². The van der Waals surface area contributed by atoms with E-state index in [9.17, 15) is 5.11 Å². The summed E-state index contributed by atoms with van der Waals surface area (Å²) in [6, 6.07) is 8.85. The topological polar surface area (TPSA) is 51.8 Å². The molecule has 0 spiro atoms. The Hall–Kier alpha value is -2.36. The molecule has 1 aliphatic heterocycles. The molecule has 1 aromatic heterocycles. The third-order valence-electron chi connectivity index (χ3n) is 3.12. The lowest BCUT2D eigenvalue weighted by atomic mass is 10.1. The highest BCUT2D eigenvalue weighted by atomic mass is 16.6. The first-order valence-electron chi connectivity index (χ1n) is 5.76. The summed E-state index contributed by atoms with van der Waals surface area (Å²) in [6.45, 7) is 1.12. The van der Waals surface area contributed by atoms with E-state index in [0.29, 0.717) is 24.5 Å². The highest BCUT2D eigenvalue weighted by Gasteiger charge is 2.16. The summed E-state index contributed by atoms with van der Waals surface area (Å²) < 4.78 is 16.8. The van der Waals surface area contributed by atoms with Crippen molar-refractivity contribution < 1.29 is 19.0 Å². The molecule has 2 heterocycles. The average molecular weight is 242 g/mol. The molecular formula is C14H10O4. The normalized spacial score (nSPS) is 14.2. The molecule has 0 radical (unpaired) electrons. The Morgan fingerprint density at radius 1 is 0.833 bits per heavy atom. The Bertz CT molecular complexity index is 757. The molecule has 0 saturated heterocycles. The van der Waals surface area contributed by atoms with Crippen molar-refractivity contribution in [1.29, 1.82) is 0 Å². The molecule has 0 atom stereocenters. The zero-order valence-electron chi connectivity index (χ0n) is 9.47. The molecule has 0 saturated carbocycles. The van der Waals surface area contributed by atoms with Crippen molar-refractivity contribution in [3.05, 3.63) is 30.3 Å². The van der Waals surface area contributed by atoms with Gasteiger partial charge in [-0.05, 0) is 18.2 Å². The highest BCUT2D eigenvalue weighted by Crippen LogP contribution is 2.39. The molecule has 0 amide bonds. The fraction of sp³-hybridized carbons (Fsp3) is 0.143. The van der Waals surface area contributed by atoms with Gasteiger partial charge in [0.05, 0.1) is 0 Å². The molecule has 3 aromatic rings. The first kappa shape index (κ1) is 9.65. The van der Waals surface area contributed by atoms with Crippen LogP contribution in [0.15, 0.2) is 34.7 Å². The summed E-state index contributed by atoms with van der Waals surface area (Å²) in [5, 5.41) is 11.4. The second-order valence-corrected chi connectivity index (χ2v) is 4.27. The maximum atomic E-state index is 9.46. The molecule has 0 fully saturated rings. The van der Waals surface area contributed by atoms with Crippen molar-refractivity contribution in [1.82, 2.24) is 0 Å². The van der Waals surface area contributed by atoms with E-state index in [-0.39, 0.29) is 5.75 Å². The van der Waals surface area contributed by atoms with Gasteiger partial charge in [-0.3, -0.25) is 0 Å². The number of benzene rings is 2. The van der Waals surface area contributed by atoms with E-state index in [1.807, 2.05) is 18.2 Å². The van der Waals surface area contributed by atoms with Crippen molar-refractivity contribution in [2.75, 3.05) is 13.2 Å². The standard InChI is InChI=1S/C14H10O4/c15-8-1-2-9-10-6-13-14(17-4-3-16-13)7-12(10)18-11(9)5-8/h1-2,5-7,15H,3-4H2. The Morgan fingerprint density at radius 3 is 2.39 bits per heavy atom. The Balaban J connectivity index is 2.09. The van der Waals surface area contributed by atoms with Gasteiger partial charge in [-0.1, -0.05) is 0 Å². The Morgan fingerprint density at radius 2 is 1.56 bits per heavy atom. The minimum atomic E-state index is 0.193. The predicted molar refractivity (Wildman–Crippen MR) is 66.4 cm³/mol. The fourth-order valence-corrected chi connectivity index (χ4v) is 2.30. The van der Waals surface area contributed by atoms with Crippen LogP contribution in [0.5, 0.6) is 17.2 Å². The van der Waals surface area contributed by atoms with E-state index < -0.39 is 0 Å². The molecule has 4 nitrogen and oxygen atoms in total. The van der Waals surface area contributed by atoms with Crippen LogP contribution >= 0.6 is 0 Å². The number of fused-ring (bicyclic) bond motifs is 4. The van der Waals surface area contributed by atoms with Crippen molar-refractivity contribution in [3.63, 3.8) is 0 Å². The third kappa shape index (κ3) is 1.26. The van der Waals surface area contributed by atoms with Crippen LogP contribution in [0.2, 0.25) is 0 Å². The van der Waals surface area contributed by atoms with E-state index in [0.717, 1.165) is 22.1 Å². The Labute approximate surface area is 102 Å². The van der Waals surface area contributed by atoms with Crippen LogP contribution in [0.4, 0.5) is 0 Å². The molecule has 1 N–H and O–H groups in total. The lowest BCUT2D eigenvalue weighted by molar-refractivity contribution is 0.172. The maximum Gasteiger partial charge on any atom is 0.165 e. The molecular weight excluding hydrogens is 232 g/mol. The van der Waals surface area contributed by atoms with E-state index in [2.05, 4.69) is 0 Å². The first-order chi connectivity index (χ1) is 8.81. The average Bonchev–Trinajstić information content (AvgIpc) is 2.72. The fourth-order valence-electron chi connectivity index (χ4n) is 2.30. The summed E-state index contributed by atoms with van der Waals surface area (Å²) in [4.78, 5) is 0. The Kier molecular flexibility index (Phi) is 1.78. The predicted octanol–water partition coefficient (Wildman–Crippen LogP) is 3.06. The maximum absolute atomic E-state index is 9.46. The van der Waals surface area contributed by atoms with Gasteiger partial charge < -0.3 is 19.0 Å². The second-order valence-electron chi connectivity index (χ2n) is 4.27. The van der Waals surface area contributed by atoms with E-state index in [1.54, 1.807) is 12.1 Å². The zero-order chi connectivity index (χ0) is 12.1. The molecule has 4 heteroatoms. The SMILES string of the molecule is Oc1ccc2c(c1)oc1cc3c(cc12)OCCO3. The van der Waals surface area contributed by atoms with E-state index in [4.69, 9.17) is 13.9 Å². The minimum Gasteiger partial charge on any atom is -0.508 e. The molecule has 0 aliphatic carbocycles. The van der Waals surface area contributed by atoms with Crippen LogP contribution in [0.1, 0.15) is 0 Å². The van der Waals surface area contributed by atoms with Crippen molar-refractivity contribution in [2.24, 2.45) is 0 Å². The lowest BCUT2D eigenvalue weighted by Gasteiger charge is -2.17. The van der Waals surface area contributed by atoms with Gasteiger partial charge in [-0.15, -0.1) is 0 Å². The number of ether oxygens (including phenoxy) is 2. The van der Waals surface area contributed by atoms with E-state index >= 15 is 0 Å². The largest absolute Gasteiger partial charge is 0.508 e. The van der Waals surface area contributed by atoms with Crippen LogP contribution < -0.4 is 9.47 Å². The van der Waals surface area contributed by atoms with Gasteiger partial charge in [0, 0.05) is 22.9 Å². The molecule has 0 bridgehead atoms. The monoisotopic (exact) mass is 242 g/mol. The van der Waals surface area contributed by atoms with Crippen molar-refractivity contribution >= 4 is 21.9 Å². The van der Waals surface area contributed by atoms with Crippen molar-refractivity contribution in [3.8, 4) is 17.2 Å². The quantitative estimate of drug-likeness (QED) is 0.658. The van der Waals surface area contributed by atoms with Gasteiger partial charge in [0.2, 0.25) is 0 Å². The van der Waals surface area contributed by atoms with Crippen LogP contribution in [0.25, 0.3) is 21.9 Å². The van der Waals surface area contributed by atoms with Gasteiger partial charge in [0.1, 0.15) is 30.1 Å². The number of phenolic OH excluding ortho intramolecular Hbond substituents is 1. The summed E-state index contributed by atoms with van der Waals surface area (Å²) in [5.74, 6) is 1.64. The number of furan rings is 1. The van der Waals surface area contributed by atoms with Crippen LogP contribution in [-0.4, -0.2) is 18.3 Å². The molecule has 90 valence electrons. The highest BCUT2D eigenvalue weighted by molar-refractivity contribution is 6.06. The number of rotatable bonds is 0. The van der Waals surface area contributed by atoms with Gasteiger partial charge in [0.25, 0.3) is 0 Å². The number of aromatic hydroxyl groups is 1. The third-order valence-corrected chi connectivity index (χ3v) is 3.12. The molecule has 2 aromatic carbocycles. The van der Waals surface area contributed by atoms with Crippen LogP contribution in [-0.2, 0) is 0 Å². The number of phenols is 1. The summed E-state index contributed by atoms with van der Waals surface area (Å²) >= 11 is 0. The molecule has 1 aliphatic rings. The van der Waals surface area contributed by atoms with E-state index in [1.165, 1.54) is 0 Å². The summed E-state index contributed by atoms with van der Waals surface area (Å²) in [6.07, 6.45) is 0. The smallest absolute Gasteiger partial charge is 0.165 e. The van der Waals surface area contributed by atoms with Crippen LogP contribution in [0, 0.1) is 0 Å². The summed E-state index contributed by atoms with van der Waals surface area (Å²) in [7, 11) is 0. The summed E-state index contributed by atoms with van der Waals surface area (Å²) in [5.41, 5.74) is 1.40. The molecule has 0 unspecified atom stereocenters. The van der Waals surface area contributed by atoms with Gasteiger partial charge in [0.15, 0.2) is 11.5 Å². The number of hydrogen-bond donors (Lipinski definition) is 1. The molecule has 18 heavy (non-hydrogen) atoms. The second kappa shape index (κ2) is 3.32.